The Morgan fingerprint density at radius 2 is 1.90 bits per heavy atom. The maximum absolute atomic E-state index is 12.9. The second-order valence-corrected chi connectivity index (χ2v) is 8.01. The van der Waals surface area contributed by atoms with Gasteiger partial charge in [-0.3, -0.25) is 14.2 Å². The fourth-order valence-corrected chi connectivity index (χ4v) is 4.28. The van der Waals surface area contributed by atoms with Gasteiger partial charge in [-0.05, 0) is 43.9 Å². The normalized spacial score (nSPS) is 17.4. The van der Waals surface area contributed by atoms with Crippen LogP contribution < -0.4 is 10.9 Å². The van der Waals surface area contributed by atoms with E-state index < -0.39 is 5.97 Å². The number of aromatic nitrogens is 2. The predicted octanol–water partition coefficient (Wildman–Crippen LogP) is 2.73. The van der Waals surface area contributed by atoms with E-state index in [1.54, 1.807) is 22.8 Å². The number of carbonyl (C=O) groups is 2. The van der Waals surface area contributed by atoms with Crippen molar-refractivity contribution in [2.75, 3.05) is 6.61 Å². The van der Waals surface area contributed by atoms with Crippen LogP contribution in [-0.4, -0.2) is 34.1 Å². The van der Waals surface area contributed by atoms with Crippen molar-refractivity contribution in [3.63, 3.8) is 0 Å². The number of benzene rings is 1. The molecule has 1 N–H and O–H groups in total. The van der Waals surface area contributed by atoms with Crippen molar-refractivity contribution in [2.24, 2.45) is 0 Å². The van der Waals surface area contributed by atoms with Crippen LogP contribution in [0.4, 0.5) is 0 Å². The van der Waals surface area contributed by atoms with E-state index in [-0.39, 0.29) is 24.1 Å². The Bertz CT molecular complexity index is 976. The molecule has 1 fully saturated rings. The van der Waals surface area contributed by atoms with Crippen molar-refractivity contribution in [1.82, 2.24) is 14.9 Å². The van der Waals surface area contributed by atoms with Crippen molar-refractivity contribution in [3.05, 3.63) is 39.9 Å². The van der Waals surface area contributed by atoms with Crippen molar-refractivity contribution in [2.45, 2.75) is 70.4 Å². The highest BCUT2D eigenvalue weighted by atomic mass is 16.5. The summed E-state index contributed by atoms with van der Waals surface area (Å²) in [5, 5.41) is 3.40. The lowest BCUT2D eigenvalue weighted by Crippen LogP contribution is -2.35. The highest BCUT2D eigenvalue weighted by Gasteiger charge is 2.19. The summed E-state index contributed by atoms with van der Waals surface area (Å²) in [6.45, 7) is 0.394. The number of fused-ring (bicyclic) bond motifs is 2. The zero-order valence-electron chi connectivity index (χ0n) is 16.6. The molecule has 4 rings (SSSR count). The van der Waals surface area contributed by atoms with Gasteiger partial charge in [0.25, 0.3) is 11.5 Å². The first-order valence-corrected chi connectivity index (χ1v) is 10.6. The van der Waals surface area contributed by atoms with E-state index in [1.165, 1.54) is 0 Å². The fraction of sp³-hybridized carbons (Fsp3) is 0.545. The minimum absolute atomic E-state index is 0.0530. The minimum atomic E-state index is -0.581. The number of esters is 1. The summed E-state index contributed by atoms with van der Waals surface area (Å²) < 4.78 is 6.94. The summed E-state index contributed by atoms with van der Waals surface area (Å²) in [6, 6.07) is 4.98. The number of amides is 1. The lowest BCUT2D eigenvalue weighted by Gasteiger charge is -2.16. The fourth-order valence-electron chi connectivity index (χ4n) is 4.28. The molecule has 1 aliphatic carbocycles. The van der Waals surface area contributed by atoms with Gasteiger partial charge in [-0.25, -0.2) is 9.78 Å². The molecule has 0 spiro atoms. The van der Waals surface area contributed by atoms with Gasteiger partial charge < -0.3 is 10.1 Å². The molecular formula is C22H27N3O4. The Morgan fingerprint density at radius 3 is 2.72 bits per heavy atom. The number of ether oxygens (including phenoxy) is 1. The van der Waals surface area contributed by atoms with Crippen molar-refractivity contribution in [1.29, 1.82) is 0 Å². The van der Waals surface area contributed by atoms with Crippen LogP contribution in [-0.2, 0) is 22.5 Å². The molecule has 1 aromatic heterocycles. The molecule has 7 heteroatoms. The molecular weight excluding hydrogens is 370 g/mol. The van der Waals surface area contributed by atoms with Gasteiger partial charge in [-0.2, -0.15) is 0 Å². The molecule has 0 saturated heterocycles. The average Bonchev–Trinajstić information content (AvgIpc) is 3.20. The first kappa shape index (κ1) is 19.6. The number of nitrogens with one attached hydrogen (secondary N) is 1. The molecule has 2 heterocycles. The molecule has 154 valence electrons. The molecule has 2 aromatic rings. The smallest absolute Gasteiger partial charge is 0.338 e. The van der Waals surface area contributed by atoms with E-state index in [4.69, 9.17) is 4.74 Å². The molecule has 0 atom stereocenters. The highest BCUT2D eigenvalue weighted by molar-refractivity contribution is 5.95. The Labute approximate surface area is 169 Å². The molecule has 0 bridgehead atoms. The maximum atomic E-state index is 12.9. The number of nitrogens with zero attached hydrogens (tertiary/aromatic N) is 2. The SMILES string of the molecule is O=C(COC(=O)c1ccc2c(=O)n3c(nc2c1)CCCCCC3)NC1CCCC1. The van der Waals surface area contributed by atoms with Crippen LogP contribution in [0.25, 0.3) is 10.9 Å². The van der Waals surface area contributed by atoms with E-state index in [0.29, 0.717) is 23.0 Å². The van der Waals surface area contributed by atoms with Crippen molar-refractivity contribution >= 4 is 22.8 Å². The van der Waals surface area contributed by atoms with Crippen LogP contribution in [0.15, 0.2) is 23.0 Å². The first-order chi connectivity index (χ1) is 14.1. The second-order valence-electron chi connectivity index (χ2n) is 8.01. The Morgan fingerprint density at radius 1 is 1.10 bits per heavy atom. The monoisotopic (exact) mass is 397 g/mol. The van der Waals surface area contributed by atoms with Gasteiger partial charge in [0.2, 0.25) is 0 Å². The topological polar surface area (TPSA) is 90.3 Å². The highest BCUT2D eigenvalue weighted by Crippen LogP contribution is 2.18. The summed E-state index contributed by atoms with van der Waals surface area (Å²) in [5.41, 5.74) is 0.753. The average molecular weight is 397 g/mol. The zero-order valence-corrected chi connectivity index (χ0v) is 16.6. The van der Waals surface area contributed by atoms with Gasteiger partial charge in [0.15, 0.2) is 6.61 Å². The summed E-state index contributed by atoms with van der Waals surface area (Å²) in [6.07, 6.45) is 9.24. The van der Waals surface area contributed by atoms with Gasteiger partial charge in [0.1, 0.15) is 5.82 Å². The van der Waals surface area contributed by atoms with E-state index >= 15 is 0 Å². The lowest BCUT2D eigenvalue weighted by molar-refractivity contribution is -0.124. The first-order valence-electron chi connectivity index (χ1n) is 10.6. The number of hydrogen-bond donors (Lipinski definition) is 1. The Balaban J connectivity index is 1.49. The number of rotatable bonds is 4. The van der Waals surface area contributed by atoms with Gasteiger partial charge in [0.05, 0.1) is 16.5 Å². The Kier molecular flexibility index (Phi) is 5.92. The van der Waals surface area contributed by atoms with E-state index in [0.717, 1.165) is 63.6 Å². The summed E-state index contributed by atoms with van der Waals surface area (Å²) in [4.78, 5) is 41.9. The van der Waals surface area contributed by atoms with Crippen LogP contribution in [0.2, 0.25) is 0 Å². The van der Waals surface area contributed by atoms with Crippen LogP contribution in [0.5, 0.6) is 0 Å². The Hall–Kier alpha value is -2.70. The van der Waals surface area contributed by atoms with Gasteiger partial charge >= 0.3 is 5.97 Å². The van der Waals surface area contributed by atoms with E-state index in [9.17, 15) is 14.4 Å². The molecule has 0 unspecified atom stereocenters. The third-order valence-corrected chi connectivity index (χ3v) is 5.86. The third-order valence-electron chi connectivity index (χ3n) is 5.86. The van der Waals surface area contributed by atoms with Crippen LogP contribution >= 0.6 is 0 Å². The molecule has 29 heavy (non-hydrogen) atoms. The number of aryl methyl sites for hydroxylation is 1. The van der Waals surface area contributed by atoms with E-state index in [2.05, 4.69) is 10.3 Å². The van der Waals surface area contributed by atoms with Gasteiger partial charge in [0, 0.05) is 19.0 Å². The quantitative estimate of drug-likeness (QED) is 0.801. The molecule has 1 aromatic carbocycles. The lowest BCUT2D eigenvalue weighted by atomic mass is 10.1. The second kappa shape index (κ2) is 8.76. The van der Waals surface area contributed by atoms with Crippen molar-refractivity contribution in [3.8, 4) is 0 Å². The molecule has 2 aliphatic rings. The molecule has 1 aliphatic heterocycles. The van der Waals surface area contributed by atoms with Gasteiger partial charge in [-0.15, -0.1) is 0 Å². The summed E-state index contributed by atoms with van der Waals surface area (Å²) in [7, 11) is 0. The van der Waals surface area contributed by atoms with Crippen molar-refractivity contribution < 1.29 is 14.3 Å². The predicted molar refractivity (Wildman–Crippen MR) is 109 cm³/mol. The van der Waals surface area contributed by atoms with E-state index in [1.807, 2.05) is 0 Å². The molecule has 1 saturated carbocycles. The zero-order chi connectivity index (χ0) is 20.2. The summed E-state index contributed by atoms with van der Waals surface area (Å²) in [5.74, 6) is -0.0745. The molecule has 1 amide bonds. The number of carbonyl (C=O) groups excluding carboxylic acids is 2. The standard InChI is InChI=1S/C22H27N3O4/c26-20(23-16-7-4-5-8-16)14-29-22(28)15-10-11-17-18(13-15)24-19-9-3-1-2-6-12-25(19)21(17)27/h10-11,13,16H,1-9,12,14H2,(H,23,26). The third kappa shape index (κ3) is 4.49. The largest absolute Gasteiger partial charge is 0.452 e. The van der Waals surface area contributed by atoms with Crippen LogP contribution in [0, 0.1) is 0 Å². The van der Waals surface area contributed by atoms with Crippen LogP contribution in [0.3, 0.4) is 0 Å². The minimum Gasteiger partial charge on any atom is -0.452 e. The number of hydrogen-bond acceptors (Lipinski definition) is 5. The molecule has 0 radical (unpaired) electrons. The van der Waals surface area contributed by atoms with Gasteiger partial charge in [-0.1, -0.05) is 25.7 Å². The summed E-state index contributed by atoms with van der Waals surface area (Å²) >= 11 is 0. The van der Waals surface area contributed by atoms with Crippen LogP contribution in [0.1, 0.15) is 67.5 Å². The molecule has 7 nitrogen and oxygen atoms in total. The maximum Gasteiger partial charge on any atom is 0.338 e.